The van der Waals surface area contributed by atoms with Crippen LogP contribution in [0.3, 0.4) is 0 Å². The minimum absolute atomic E-state index is 0.223. The van der Waals surface area contributed by atoms with Crippen molar-refractivity contribution in [1.29, 1.82) is 0 Å². The molecule has 2 rings (SSSR count). The number of aliphatic hydroxyl groups excluding tert-OH is 1. The van der Waals surface area contributed by atoms with Gasteiger partial charge in [-0.1, -0.05) is 30.3 Å². The summed E-state index contributed by atoms with van der Waals surface area (Å²) in [5.74, 6) is 0. The van der Waals surface area contributed by atoms with Crippen LogP contribution in [0.1, 0.15) is 12.5 Å². The molecule has 6 heteroatoms. The quantitative estimate of drug-likeness (QED) is 0.802. The zero-order chi connectivity index (χ0) is 14.6. The molecule has 1 saturated heterocycles. The highest BCUT2D eigenvalue weighted by Crippen LogP contribution is 2.22. The van der Waals surface area contributed by atoms with E-state index in [4.69, 9.17) is 9.57 Å². The number of benzene rings is 1. The first-order valence-electron chi connectivity index (χ1n) is 6.49. The van der Waals surface area contributed by atoms with Gasteiger partial charge in [-0.2, -0.15) is 5.48 Å². The number of β-amino-alcohol motifs (C(OH)–C–C–N with tert-alkyl or cyclic N) is 1. The number of rotatable bonds is 4. The van der Waals surface area contributed by atoms with Crippen molar-refractivity contribution in [3.05, 3.63) is 35.9 Å². The van der Waals surface area contributed by atoms with Gasteiger partial charge >= 0.3 is 6.09 Å². The summed E-state index contributed by atoms with van der Waals surface area (Å²) in [6.07, 6.45) is -1.14. The molecular weight excluding hydrogens is 260 g/mol. The maximum absolute atomic E-state index is 12.0. The molecule has 1 aliphatic rings. The van der Waals surface area contributed by atoms with Crippen molar-refractivity contribution in [3.63, 3.8) is 0 Å². The molecule has 1 amide bonds. The van der Waals surface area contributed by atoms with Crippen LogP contribution in [0.25, 0.3) is 0 Å². The Labute approximate surface area is 118 Å². The van der Waals surface area contributed by atoms with Crippen LogP contribution in [0.5, 0.6) is 0 Å². The standard InChI is InChI=1S/C14H20N2O4/c1-14(15-19-2)10-16(8-12(14)17)13(18)20-9-11-6-4-3-5-7-11/h3-7,12,15,17H,8-10H2,1-2H3/t12-,14-/m1/s1. The van der Waals surface area contributed by atoms with Crippen molar-refractivity contribution in [3.8, 4) is 0 Å². The van der Waals surface area contributed by atoms with E-state index in [1.165, 1.54) is 12.0 Å². The average Bonchev–Trinajstić information content (AvgIpc) is 2.74. The summed E-state index contributed by atoms with van der Waals surface area (Å²) in [5, 5.41) is 9.99. The van der Waals surface area contributed by atoms with Crippen LogP contribution in [-0.4, -0.2) is 47.9 Å². The Morgan fingerprint density at radius 1 is 1.50 bits per heavy atom. The van der Waals surface area contributed by atoms with Gasteiger partial charge in [-0.15, -0.1) is 0 Å². The SMILES string of the molecule is CON[C@]1(C)CN(C(=O)OCc2ccccc2)C[C@H]1O. The summed E-state index contributed by atoms with van der Waals surface area (Å²) in [4.78, 5) is 18.3. The van der Waals surface area contributed by atoms with Gasteiger partial charge < -0.3 is 19.6 Å². The van der Waals surface area contributed by atoms with Crippen molar-refractivity contribution in [2.45, 2.75) is 25.2 Å². The van der Waals surface area contributed by atoms with E-state index < -0.39 is 17.7 Å². The highest BCUT2D eigenvalue weighted by atomic mass is 16.6. The molecule has 1 aromatic rings. The minimum atomic E-state index is -0.702. The van der Waals surface area contributed by atoms with E-state index in [1.807, 2.05) is 30.3 Å². The van der Waals surface area contributed by atoms with E-state index >= 15 is 0 Å². The van der Waals surface area contributed by atoms with Crippen LogP contribution in [0.2, 0.25) is 0 Å². The number of hydrogen-bond donors (Lipinski definition) is 2. The van der Waals surface area contributed by atoms with E-state index in [0.717, 1.165) is 5.56 Å². The van der Waals surface area contributed by atoms with E-state index in [9.17, 15) is 9.90 Å². The van der Waals surface area contributed by atoms with Gasteiger partial charge in [-0.3, -0.25) is 0 Å². The zero-order valence-electron chi connectivity index (χ0n) is 11.7. The Morgan fingerprint density at radius 2 is 2.20 bits per heavy atom. The first-order valence-corrected chi connectivity index (χ1v) is 6.49. The van der Waals surface area contributed by atoms with E-state index in [0.29, 0.717) is 6.54 Å². The molecule has 0 radical (unpaired) electrons. The van der Waals surface area contributed by atoms with Crippen molar-refractivity contribution < 1.29 is 19.5 Å². The van der Waals surface area contributed by atoms with E-state index in [2.05, 4.69) is 5.48 Å². The number of amides is 1. The van der Waals surface area contributed by atoms with Crippen LogP contribution in [0.4, 0.5) is 4.79 Å². The lowest BCUT2D eigenvalue weighted by atomic mass is 10.0. The molecule has 1 aromatic carbocycles. The maximum atomic E-state index is 12.0. The van der Waals surface area contributed by atoms with Crippen LogP contribution < -0.4 is 5.48 Å². The number of carbonyl (C=O) groups excluding carboxylic acids is 1. The zero-order valence-corrected chi connectivity index (χ0v) is 11.7. The van der Waals surface area contributed by atoms with E-state index in [-0.39, 0.29) is 13.2 Å². The third-order valence-corrected chi connectivity index (χ3v) is 3.45. The topological polar surface area (TPSA) is 71.0 Å². The maximum Gasteiger partial charge on any atom is 0.410 e. The highest BCUT2D eigenvalue weighted by molar-refractivity contribution is 5.68. The number of nitrogens with zero attached hydrogens (tertiary/aromatic N) is 1. The second-order valence-corrected chi connectivity index (χ2v) is 5.16. The smallest absolute Gasteiger partial charge is 0.410 e. The third kappa shape index (κ3) is 3.27. The van der Waals surface area contributed by atoms with Gasteiger partial charge in [0.25, 0.3) is 0 Å². The fourth-order valence-corrected chi connectivity index (χ4v) is 2.26. The lowest BCUT2D eigenvalue weighted by molar-refractivity contribution is -0.0218. The second kappa shape index (κ2) is 6.21. The first-order chi connectivity index (χ1) is 9.55. The fraction of sp³-hybridized carbons (Fsp3) is 0.500. The Kier molecular flexibility index (Phi) is 4.59. The summed E-state index contributed by atoms with van der Waals surface area (Å²) >= 11 is 0. The number of aliphatic hydroxyl groups is 1. The Bertz CT molecular complexity index is 454. The second-order valence-electron chi connectivity index (χ2n) is 5.16. The highest BCUT2D eigenvalue weighted by Gasteiger charge is 2.44. The number of ether oxygens (including phenoxy) is 1. The van der Waals surface area contributed by atoms with Gasteiger partial charge in [0, 0.05) is 6.54 Å². The summed E-state index contributed by atoms with van der Waals surface area (Å²) < 4.78 is 5.24. The fourth-order valence-electron chi connectivity index (χ4n) is 2.26. The molecule has 1 fully saturated rings. The van der Waals surface area contributed by atoms with E-state index in [1.54, 1.807) is 6.92 Å². The third-order valence-electron chi connectivity index (χ3n) is 3.45. The largest absolute Gasteiger partial charge is 0.445 e. The number of carbonyl (C=O) groups is 1. The molecule has 0 spiro atoms. The predicted octanol–water partition coefficient (Wildman–Crippen LogP) is 0.909. The average molecular weight is 280 g/mol. The molecule has 110 valence electrons. The summed E-state index contributed by atoms with van der Waals surface area (Å²) in [6, 6.07) is 9.47. The number of likely N-dealkylation sites (tertiary alicyclic amines) is 1. The molecule has 0 aliphatic carbocycles. The van der Waals surface area contributed by atoms with Crippen LogP contribution in [0, 0.1) is 0 Å². The van der Waals surface area contributed by atoms with Gasteiger partial charge in [0.15, 0.2) is 0 Å². The Balaban J connectivity index is 1.88. The van der Waals surface area contributed by atoms with Crippen LogP contribution in [-0.2, 0) is 16.2 Å². The molecule has 20 heavy (non-hydrogen) atoms. The lowest BCUT2D eigenvalue weighted by Gasteiger charge is -2.26. The molecule has 0 saturated carbocycles. The molecule has 1 heterocycles. The van der Waals surface area contributed by atoms with Crippen molar-refractivity contribution in [2.75, 3.05) is 20.2 Å². The molecule has 0 unspecified atom stereocenters. The number of nitrogens with one attached hydrogen (secondary N) is 1. The monoisotopic (exact) mass is 280 g/mol. The number of hydroxylamine groups is 1. The minimum Gasteiger partial charge on any atom is -0.445 e. The van der Waals surface area contributed by atoms with Gasteiger partial charge in [0.05, 0.1) is 25.3 Å². The first kappa shape index (κ1) is 14.8. The predicted molar refractivity (Wildman–Crippen MR) is 72.8 cm³/mol. The van der Waals surface area contributed by atoms with Crippen molar-refractivity contribution >= 4 is 6.09 Å². The van der Waals surface area contributed by atoms with Gasteiger partial charge in [-0.05, 0) is 12.5 Å². The van der Waals surface area contributed by atoms with Gasteiger partial charge in [-0.25, -0.2) is 4.79 Å². The molecule has 2 N–H and O–H groups in total. The summed E-state index contributed by atoms with van der Waals surface area (Å²) in [5.41, 5.74) is 2.98. The van der Waals surface area contributed by atoms with Gasteiger partial charge in [0.2, 0.25) is 0 Å². The lowest BCUT2D eigenvalue weighted by Crippen LogP contribution is -2.51. The summed E-state index contributed by atoms with van der Waals surface area (Å²) in [7, 11) is 1.48. The number of hydrogen-bond acceptors (Lipinski definition) is 5. The molecule has 0 bridgehead atoms. The van der Waals surface area contributed by atoms with Crippen molar-refractivity contribution in [1.82, 2.24) is 10.4 Å². The van der Waals surface area contributed by atoms with Gasteiger partial charge in [0.1, 0.15) is 6.61 Å². The molecule has 0 aromatic heterocycles. The van der Waals surface area contributed by atoms with Crippen LogP contribution in [0.15, 0.2) is 30.3 Å². The Hall–Kier alpha value is -1.63. The normalized spacial score (nSPS) is 25.8. The molecule has 2 atom stereocenters. The molecule has 6 nitrogen and oxygen atoms in total. The molecular formula is C14H20N2O4. The molecule has 1 aliphatic heterocycles. The Morgan fingerprint density at radius 3 is 2.85 bits per heavy atom. The van der Waals surface area contributed by atoms with Crippen LogP contribution >= 0.6 is 0 Å². The summed E-state index contributed by atoms with van der Waals surface area (Å²) in [6.45, 7) is 2.57. The van der Waals surface area contributed by atoms with Crippen molar-refractivity contribution in [2.24, 2.45) is 0 Å².